The van der Waals surface area contributed by atoms with Gasteiger partial charge in [0.1, 0.15) is 0 Å². The Morgan fingerprint density at radius 1 is 1.48 bits per heavy atom. The molecule has 0 unspecified atom stereocenters. The predicted molar refractivity (Wildman–Crippen MR) is 80.8 cm³/mol. The molecule has 6 nitrogen and oxygen atoms in total. The number of carbonyl (C=O) groups excluding carboxylic acids is 1. The highest BCUT2D eigenvalue weighted by atomic mass is 35.5. The van der Waals surface area contributed by atoms with E-state index >= 15 is 0 Å². The van der Waals surface area contributed by atoms with Crippen molar-refractivity contribution in [3.8, 4) is 0 Å². The van der Waals surface area contributed by atoms with Gasteiger partial charge in [-0.25, -0.2) is 13.1 Å². The molecule has 1 amide bonds. The highest BCUT2D eigenvalue weighted by Crippen LogP contribution is 2.19. The molecule has 8 heteroatoms. The van der Waals surface area contributed by atoms with Crippen LogP contribution in [0.4, 0.5) is 0 Å². The standard InChI is InChI=1S/C13H18ClN3O3S/c1-2-21(19,20)16-10-4-7-17(8-5-10)13(18)11-3-6-15-9-12(11)14/h3,6,9-10,16H,2,4-5,7-8H2,1H3. The summed E-state index contributed by atoms with van der Waals surface area (Å²) in [5.74, 6) is -0.0714. The minimum atomic E-state index is -3.20. The first-order valence-corrected chi connectivity index (χ1v) is 8.84. The Labute approximate surface area is 129 Å². The van der Waals surface area contributed by atoms with E-state index in [0.717, 1.165) is 0 Å². The fourth-order valence-electron chi connectivity index (χ4n) is 2.26. The SMILES string of the molecule is CCS(=O)(=O)NC1CCN(C(=O)c2ccncc2Cl)CC1. The summed E-state index contributed by atoms with van der Waals surface area (Å²) >= 11 is 5.97. The third-order valence-corrected chi connectivity index (χ3v) is 5.27. The van der Waals surface area contributed by atoms with Crippen LogP contribution in [0.2, 0.25) is 5.02 Å². The molecule has 0 saturated carbocycles. The quantitative estimate of drug-likeness (QED) is 0.901. The Kier molecular flexibility index (Phi) is 5.18. The molecule has 21 heavy (non-hydrogen) atoms. The van der Waals surface area contributed by atoms with E-state index in [9.17, 15) is 13.2 Å². The van der Waals surface area contributed by atoms with Crippen molar-refractivity contribution in [1.29, 1.82) is 0 Å². The fraction of sp³-hybridized carbons (Fsp3) is 0.538. The Bertz CT molecular complexity index is 613. The van der Waals surface area contributed by atoms with Crippen LogP contribution in [0.3, 0.4) is 0 Å². The second-order valence-corrected chi connectivity index (χ2v) is 7.39. The maximum atomic E-state index is 12.3. The number of nitrogens with zero attached hydrogens (tertiary/aromatic N) is 2. The molecule has 0 atom stereocenters. The average Bonchev–Trinajstić information content (AvgIpc) is 2.47. The lowest BCUT2D eigenvalue weighted by molar-refractivity contribution is 0.0711. The molecule has 1 aliphatic rings. The van der Waals surface area contributed by atoms with E-state index in [4.69, 9.17) is 11.6 Å². The predicted octanol–water partition coefficient (Wildman–Crippen LogP) is 1.28. The zero-order valence-electron chi connectivity index (χ0n) is 11.8. The number of nitrogens with one attached hydrogen (secondary N) is 1. The summed E-state index contributed by atoms with van der Waals surface area (Å²) in [5.41, 5.74) is 0.430. The summed E-state index contributed by atoms with van der Waals surface area (Å²) < 4.78 is 25.7. The van der Waals surface area contributed by atoms with E-state index in [0.29, 0.717) is 36.5 Å². The van der Waals surface area contributed by atoms with Crippen molar-refractivity contribution in [3.05, 3.63) is 29.0 Å². The number of halogens is 1. The average molecular weight is 332 g/mol. The summed E-state index contributed by atoms with van der Waals surface area (Å²) in [6.45, 7) is 2.62. The third-order valence-electron chi connectivity index (χ3n) is 3.51. The van der Waals surface area contributed by atoms with Gasteiger partial charge in [0.15, 0.2) is 0 Å². The van der Waals surface area contributed by atoms with Gasteiger partial charge in [0, 0.05) is 31.5 Å². The number of amides is 1. The smallest absolute Gasteiger partial charge is 0.255 e. The third kappa shape index (κ3) is 4.15. The summed E-state index contributed by atoms with van der Waals surface area (Å²) in [4.78, 5) is 17.9. The molecular weight excluding hydrogens is 314 g/mol. The first kappa shape index (κ1) is 16.2. The number of aromatic nitrogens is 1. The molecule has 2 rings (SSSR count). The van der Waals surface area contributed by atoms with Gasteiger partial charge in [-0.15, -0.1) is 0 Å². The van der Waals surface area contributed by atoms with E-state index in [2.05, 4.69) is 9.71 Å². The summed E-state index contributed by atoms with van der Waals surface area (Å²) in [6.07, 6.45) is 4.18. The largest absolute Gasteiger partial charge is 0.338 e. The van der Waals surface area contributed by atoms with Crippen LogP contribution in [0.1, 0.15) is 30.1 Å². The van der Waals surface area contributed by atoms with Gasteiger partial charge in [-0.3, -0.25) is 9.78 Å². The molecule has 1 saturated heterocycles. The molecule has 1 fully saturated rings. The number of sulfonamides is 1. The summed E-state index contributed by atoms with van der Waals surface area (Å²) in [7, 11) is -3.20. The molecule has 0 radical (unpaired) electrons. The maximum absolute atomic E-state index is 12.3. The number of hydrogen-bond donors (Lipinski definition) is 1. The zero-order chi connectivity index (χ0) is 15.5. The second-order valence-electron chi connectivity index (χ2n) is 4.94. The number of hydrogen-bond acceptors (Lipinski definition) is 4. The van der Waals surface area contributed by atoms with E-state index in [1.54, 1.807) is 17.9 Å². The highest BCUT2D eigenvalue weighted by molar-refractivity contribution is 7.89. The molecule has 0 bridgehead atoms. The molecule has 1 aromatic rings. The summed E-state index contributed by atoms with van der Waals surface area (Å²) in [6, 6.07) is 1.49. The van der Waals surface area contributed by atoms with Crippen molar-refractivity contribution >= 4 is 27.5 Å². The van der Waals surface area contributed by atoms with Gasteiger partial charge in [0.2, 0.25) is 10.0 Å². The van der Waals surface area contributed by atoms with Crippen LogP contribution in [-0.4, -0.2) is 49.1 Å². The molecule has 2 heterocycles. The fourth-order valence-corrected chi connectivity index (χ4v) is 3.37. The number of rotatable bonds is 4. The van der Waals surface area contributed by atoms with Crippen molar-refractivity contribution in [1.82, 2.24) is 14.6 Å². The summed E-state index contributed by atoms with van der Waals surface area (Å²) in [5, 5.41) is 0.330. The van der Waals surface area contributed by atoms with E-state index in [1.807, 2.05) is 0 Å². The Morgan fingerprint density at radius 3 is 2.71 bits per heavy atom. The molecule has 1 aromatic heterocycles. The number of likely N-dealkylation sites (tertiary alicyclic amines) is 1. The van der Waals surface area contributed by atoms with E-state index in [-0.39, 0.29) is 17.7 Å². The zero-order valence-corrected chi connectivity index (χ0v) is 13.3. The van der Waals surface area contributed by atoms with Gasteiger partial charge in [0.05, 0.1) is 16.3 Å². The maximum Gasteiger partial charge on any atom is 0.255 e. The number of piperidine rings is 1. The normalized spacial score (nSPS) is 17.0. The molecular formula is C13H18ClN3O3S. The molecule has 0 spiro atoms. The van der Waals surface area contributed by atoms with Gasteiger partial charge >= 0.3 is 0 Å². The number of pyridine rings is 1. The van der Waals surface area contributed by atoms with Crippen LogP contribution in [0.15, 0.2) is 18.5 Å². The van der Waals surface area contributed by atoms with Crippen LogP contribution in [0.25, 0.3) is 0 Å². The van der Waals surface area contributed by atoms with E-state index < -0.39 is 10.0 Å². The molecule has 1 N–H and O–H groups in total. The lowest BCUT2D eigenvalue weighted by Crippen LogP contribution is -2.46. The second kappa shape index (κ2) is 6.72. The Morgan fingerprint density at radius 2 is 2.14 bits per heavy atom. The van der Waals surface area contributed by atoms with Gasteiger partial charge in [-0.1, -0.05) is 11.6 Å². The van der Waals surface area contributed by atoms with Gasteiger partial charge in [-0.05, 0) is 25.8 Å². The van der Waals surface area contributed by atoms with E-state index in [1.165, 1.54) is 12.4 Å². The topological polar surface area (TPSA) is 79.4 Å². The van der Waals surface area contributed by atoms with Crippen LogP contribution in [-0.2, 0) is 10.0 Å². The monoisotopic (exact) mass is 331 g/mol. The van der Waals surface area contributed by atoms with Crippen molar-refractivity contribution in [2.24, 2.45) is 0 Å². The lowest BCUT2D eigenvalue weighted by Gasteiger charge is -2.32. The minimum absolute atomic E-state index is 0.0682. The van der Waals surface area contributed by atoms with Crippen LogP contribution in [0.5, 0.6) is 0 Å². The Hall–Kier alpha value is -1.18. The van der Waals surface area contributed by atoms with Crippen molar-refractivity contribution in [2.75, 3.05) is 18.8 Å². The van der Waals surface area contributed by atoms with Crippen LogP contribution < -0.4 is 4.72 Å². The van der Waals surface area contributed by atoms with Gasteiger partial charge in [0.25, 0.3) is 5.91 Å². The molecule has 0 aliphatic carbocycles. The lowest BCUT2D eigenvalue weighted by atomic mass is 10.1. The van der Waals surface area contributed by atoms with Crippen molar-refractivity contribution < 1.29 is 13.2 Å². The first-order chi connectivity index (χ1) is 9.93. The minimum Gasteiger partial charge on any atom is -0.338 e. The number of carbonyl (C=O) groups is 1. The molecule has 0 aromatic carbocycles. The van der Waals surface area contributed by atoms with Crippen molar-refractivity contribution in [3.63, 3.8) is 0 Å². The molecule has 116 valence electrons. The van der Waals surface area contributed by atoms with Gasteiger partial charge < -0.3 is 4.90 Å². The van der Waals surface area contributed by atoms with Crippen LogP contribution in [0, 0.1) is 0 Å². The molecule has 1 aliphatic heterocycles. The first-order valence-electron chi connectivity index (χ1n) is 6.81. The van der Waals surface area contributed by atoms with Crippen LogP contribution >= 0.6 is 11.6 Å². The van der Waals surface area contributed by atoms with Gasteiger partial charge in [-0.2, -0.15) is 0 Å². The Balaban J connectivity index is 1.95. The van der Waals surface area contributed by atoms with Crippen molar-refractivity contribution in [2.45, 2.75) is 25.8 Å². The highest BCUT2D eigenvalue weighted by Gasteiger charge is 2.26.